The van der Waals surface area contributed by atoms with E-state index >= 15 is 0 Å². The highest BCUT2D eigenvalue weighted by molar-refractivity contribution is 7.99. The van der Waals surface area contributed by atoms with Crippen LogP contribution in [0.3, 0.4) is 0 Å². The molecule has 0 radical (unpaired) electrons. The van der Waals surface area contributed by atoms with Crippen LogP contribution in [0.5, 0.6) is 0 Å². The molecule has 2 aliphatic carbocycles. The van der Waals surface area contributed by atoms with Gasteiger partial charge in [0.1, 0.15) is 11.4 Å². The summed E-state index contributed by atoms with van der Waals surface area (Å²) in [5, 5.41) is 13.9. The van der Waals surface area contributed by atoms with Gasteiger partial charge >= 0.3 is 30.0 Å². The lowest BCUT2D eigenvalue weighted by atomic mass is 9.80. The summed E-state index contributed by atoms with van der Waals surface area (Å²) in [6.45, 7) is 6.46. The zero-order chi connectivity index (χ0) is 32.1. The minimum Gasteiger partial charge on any atom is -0.444 e. The van der Waals surface area contributed by atoms with E-state index in [0.29, 0.717) is 4.90 Å². The van der Waals surface area contributed by atoms with Gasteiger partial charge in [0, 0.05) is 41.2 Å². The highest BCUT2D eigenvalue weighted by Gasteiger charge is 2.80. The number of benzene rings is 1. The van der Waals surface area contributed by atoms with Gasteiger partial charge in [-0.2, -0.15) is 0 Å². The quantitative estimate of drug-likeness (QED) is 0.147. The van der Waals surface area contributed by atoms with Gasteiger partial charge in [-0.25, -0.2) is 14.0 Å². The summed E-state index contributed by atoms with van der Waals surface area (Å²) < 4.78 is 39.2. The highest BCUT2D eigenvalue weighted by atomic mass is 35.5. The average molecular weight is 648 g/mol. The molecule has 3 rings (SSSR count). The minimum atomic E-state index is -2.05. The number of carbonyl (C=O) groups is 5. The Kier molecular flexibility index (Phi) is 11.3. The molecular weight excluding hydrogens is 613 g/mol. The monoisotopic (exact) mass is 647 g/mol. The van der Waals surface area contributed by atoms with E-state index in [1.807, 2.05) is 0 Å². The van der Waals surface area contributed by atoms with Gasteiger partial charge in [0.25, 0.3) is 0 Å². The van der Waals surface area contributed by atoms with Crippen LogP contribution in [0.4, 0.5) is 9.18 Å². The molecule has 2 aliphatic rings. The Labute approximate surface area is 257 Å². The Morgan fingerprint density at radius 3 is 2.19 bits per heavy atom. The van der Waals surface area contributed by atoms with Crippen LogP contribution in [0.1, 0.15) is 47.5 Å². The van der Waals surface area contributed by atoms with Gasteiger partial charge in [0.2, 0.25) is 13.6 Å². The van der Waals surface area contributed by atoms with Crippen molar-refractivity contribution in [3.05, 3.63) is 29.0 Å². The number of ether oxygens (including phenoxy) is 5. The number of nitrogens with one attached hydrogen (secondary N) is 1. The van der Waals surface area contributed by atoms with E-state index in [4.69, 9.17) is 35.3 Å². The molecule has 2 saturated carbocycles. The third kappa shape index (κ3) is 8.09. The predicted molar refractivity (Wildman–Crippen MR) is 149 cm³/mol. The number of rotatable bonds is 12. The van der Waals surface area contributed by atoms with Gasteiger partial charge in [-0.3, -0.25) is 14.4 Å². The van der Waals surface area contributed by atoms with Crippen molar-refractivity contribution < 1.29 is 57.2 Å². The molecule has 0 heterocycles. The smallest absolute Gasteiger partial charge is 0.408 e. The summed E-state index contributed by atoms with van der Waals surface area (Å²) in [5.74, 6) is -7.90. The van der Waals surface area contributed by atoms with Gasteiger partial charge in [-0.15, -0.1) is 11.8 Å². The lowest BCUT2D eigenvalue weighted by Crippen LogP contribution is -2.63. The Morgan fingerprint density at radius 1 is 1.02 bits per heavy atom. The number of thioether (sulfide) groups is 1. The van der Waals surface area contributed by atoms with Crippen LogP contribution in [0.25, 0.3) is 0 Å². The molecule has 0 unspecified atom stereocenters. The van der Waals surface area contributed by atoms with Crippen molar-refractivity contribution in [2.45, 2.75) is 69.6 Å². The normalized spacial score (nSPS) is 25.6. The number of aliphatic hydroxyl groups excluding tert-OH is 1. The molecule has 15 heteroatoms. The van der Waals surface area contributed by atoms with Crippen molar-refractivity contribution >= 4 is 53.3 Å². The number of alkyl carbamates (subject to hydrolysis) is 1. The maximum atomic E-state index is 13.9. The van der Waals surface area contributed by atoms with Gasteiger partial charge in [-0.1, -0.05) is 25.4 Å². The topological polar surface area (TPSA) is 164 Å². The summed E-state index contributed by atoms with van der Waals surface area (Å²) in [4.78, 5) is 63.6. The first-order valence-electron chi connectivity index (χ1n) is 13.6. The third-order valence-electron chi connectivity index (χ3n) is 7.04. The van der Waals surface area contributed by atoms with Crippen LogP contribution < -0.4 is 5.32 Å². The molecule has 1 aromatic rings. The van der Waals surface area contributed by atoms with Gasteiger partial charge < -0.3 is 34.1 Å². The molecule has 0 aromatic heterocycles. The van der Waals surface area contributed by atoms with Crippen molar-refractivity contribution in [1.29, 1.82) is 0 Å². The van der Waals surface area contributed by atoms with Crippen LogP contribution in [0.2, 0.25) is 5.02 Å². The van der Waals surface area contributed by atoms with E-state index in [1.165, 1.54) is 12.1 Å². The van der Waals surface area contributed by atoms with E-state index in [1.54, 1.807) is 34.6 Å². The lowest BCUT2D eigenvalue weighted by Gasteiger charge is -2.38. The number of hydrogen-bond acceptors (Lipinski definition) is 12. The molecule has 1 amide bonds. The number of aliphatic hydroxyl groups is 1. The fourth-order valence-corrected chi connectivity index (χ4v) is 6.57. The molecule has 238 valence electrons. The van der Waals surface area contributed by atoms with Crippen LogP contribution in [-0.4, -0.2) is 71.7 Å². The summed E-state index contributed by atoms with van der Waals surface area (Å²) in [5.41, 5.74) is -3.03. The standard InChI is InChI=1S/C28H35ClFNO11S/c1-6-18(32)38-12-40-24(35)21-20-22(21)28(31-26(37)42-27(3,4)5,25(36)41-13-39-19(33)7-2)15(23(20)34)11-43-14-8-9-17(30)16(29)10-14/h8-10,15,20-23,34H,6-7,11-13H2,1-5H3,(H,31,37)/t15-,20+,21+,22+,23-,28+/m1/s1. The summed E-state index contributed by atoms with van der Waals surface area (Å²) >= 11 is 7.03. The molecule has 0 bridgehead atoms. The van der Waals surface area contributed by atoms with E-state index in [0.717, 1.165) is 17.8 Å². The number of hydrogen-bond donors (Lipinski definition) is 2. The average Bonchev–Trinajstić information content (AvgIpc) is 3.63. The second-order valence-electron chi connectivity index (χ2n) is 11.0. The van der Waals surface area contributed by atoms with E-state index in [-0.39, 0.29) is 23.6 Å². The maximum absolute atomic E-state index is 13.9. The van der Waals surface area contributed by atoms with Crippen molar-refractivity contribution in [1.82, 2.24) is 5.32 Å². The van der Waals surface area contributed by atoms with E-state index in [9.17, 15) is 33.5 Å². The summed E-state index contributed by atoms with van der Waals surface area (Å²) in [6.07, 6.45) is -2.30. The van der Waals surface area contributed by atoms with Crippen molar-refractivity contribution in [2.24, 2.45) is 23.7 Å². The largest absolute Gasteiger partial charge is 0.444 e. The van der Waals surface area contributed by atoms with Crippen LogP contribution in [0, 0.1) is 29.5 Å². The molecule has 12 nitrogen and oxygen atoms in total. The molecule has 2 N–H and O–H groups in total. The molecule has 0 saturated heterocycles. The summed E-state index contributed by atoms with van der Waals surface area (Å²) in [6, 6.07) is 3.98. The molecular formula is C28H35ClFNO11S. The number of esters is 4. The van der Waals surface area contributed by atoms with Crippen LogP contribution in [0.15, 0.2) is 23.1 Å². The molecule has 6 atom stereocenters. The van der Waals surface area contributed by atoms with Crippen molar-refractivity contribution in [3.8, 4) is 0 Å². The minimum absolute atomic E-state index is 0.0122. The fraction of sp³-hybridized carbons (Fsp3) is 0.607. The number of halogens is 2. The lowest BCUT2D eigenvalue weighted by molar-refractivity contribution is -0.175. The second-order valence-corrected chi connectivity index (χ2v) is 12.5. The summed E-state index contributed by atoms with van der Waals surface area (Å²) in [7, 11) is 0. The Bertz CT molecular complexity index is 1240. The number of fused-ring (bicyclic) bond motifs is 1. The zero-order valence-corrected chi connectivity index (χ0v) is 25.9. The Morgan fingerprint density at radius 2 is 1.63 bits per heavy atom. The SMILES string of the molecule is CCC(=O)OCOC(=O)[C@H]1[C@@H]2[C@H](O)[C@@H](CSc3ccc(F)c(Cl)c3)[C@@](NC(=O)OC(C)(C)C)(C(=O)OCOC(=O)CC)[C@H]12. The number of carbonyl (C=O) groups excluding carboxylic acids is 5. The first-order chi connectivity index (χ1) is 20.2. The Balaban J connectivity index is 1.96. The second kappa shape index (κ2) is 14.1. The molecule has 1 aromatic carbocycles. The maximum Gasteiger partial charge on any atom is 0.408 e. The first kappa shape index (κ1) is 34.4. The van der Waals surface area contributed by atoms with E-state index in [2.05, 4.69) is 5.32 Å². The zero-order valence-electron chi connectivity index (χ0n) is 24.3. The molecule has 0 spiro atoms. The van der Waals surface area contributed by atoms with E-state index < -0.39 is 90.3 Å². The van der Waals surface area contributed by atoms with Crippen LogP contribution in [-0.2, 0) is 42.9 Å². The predicted octanol–water partition coefficient (Wildman–Crippen LogP) is 3.60. The van der Waals surface area contributed by atoms with Gasteiger partial charge in [0.15, 0.2) is 5.54 Å². The molecule has 43 heavy (non-hydrogen) atoms. The third-order valence-corrected chi connectivity index (χ3v) is 8.44. The van der Waals surface area contributed by atoms with Crippen LogP contribution >= 0.6 is 23.4 Å². The molecule has 2 fully saturated rings. The first-order valence-corrected chi connectivity index (χ1v) is 14.9. The number of amides is 1. The van der Waals surface area contributed by atoms with Gasteiger partial charge in [-0.05, 0) is 39.0 Å². The highest BCUT2D eigenvalue weighted by Crippen LogP contribution is 2.66. The van der Waals surface area contributed by atoms with Crippen molar-refractivity contribution in [3.63, 3.8) is 0 Å². The fourth-order valence-electron chi connectivity index (χ4n) is 5.13. The van der Waals surface area contributed by atoms with Gasteiger partial charge in [0.05, 0.1) is 17.0 Å². The van der Waals surface area contributed by atoms with Crippen molar-refractivity contribution in [2.75, 3.05) is 19.3 Å². The Hall–Kier alpha value is -3.10. The molecule has 0 aliphatic heterocycles.